The normalized spacial score (nSPS) is 22.1. The minimum Gasteiger partial charge on any atom is -0.369 e. The fourth-order valence-corrected chi connectivity index (χ4v) is 4.57. The SMILES string of the molecule is Cc1ccc2nc(N)n(CC3CCS(=O)(=O)C3)c2c1. The van der Waals surface area contributed by atoms with Gasteiger partial charge in [-0.15, -0.1) is 0 Å². The molecule has 2 aromatic rings. The number of nitrogens with two attached hydrogens (primary N) is 1. The molecular formula is C13H17N3O2S. The Morgan fingerprint density at radius 1 is 1.47 bits per heavy atom. The first-order valence-corrected chi connectivity index (χ1v) is 8.19. The summed E-state index contributed by atoms with van der Waals surface area (Å²) < 4.78 is 25.0. The fraction of sp³-hybridized carbons (Fsp3) is 0.462. The molecule has 5 nitrogen and oxygen atoms in total. The number of fused-ring (bicyclic) bond motifs is 1. The maximum atomic E-state index is 11.5. The van der Waals surface area contributed by atoms with Crippen molar-refractivity contribution in [3.63, 3.8) is 0 Å². The largest absolute Gasteiger partial charge is 0.369 e. The lowest BCUT2D eigenvalue weighted by Crippen LogP contribution is -2.14. The molecule has 0 bridgehead atoms. The summed E-state index contributed by atoms with van der Waals surface area (Å²) in [6.07, 6.45) is 0.716. The Morgan fingerprint density at radius 2 is 2.26 bits per heavy atom. The second-order valence-corrected chi connectivity index (χ2v) is 7.57. The first-order valence-electron chi connectivity index (χ1n) is 6.37. The summed E-state index contributed by atoms with van der Waals surface area (Å²) in [6, 6.07) is 5.99. The van der Waals surface area contributed by atoms with E-state index in [-0.39, 0.29) is 11.7 Å². The number of aromatic nitrogens is 2. The molecule has 1 fully saturated rings. The molecule has 1 aliphatic heterocycles. The van der Waals surface area contributed by atoms with Crippen LogP contribution in [0.1, 0.15) is 12.0 Å². The van der Waals surface area contributed by atoms with Crippen LogP contribution in [0.2, 0.25) is 0 Å². The summed E-state index contributed by atoms with van der Waals surface area (Å²) in [5.41, 5.74) is 8.95. The van der Waals surface area contributed by atoms with Gasteiger partial charge < -0.3 is 10.3 Å². The van der Waals surface area contributed by atoms with Crippen LogP contribution in [0.3, 0.4) is 0 Å². The monoisotopic (exact) mass is 279 g/mol. The number of imidazole rings is 1. The molecule has 1 unspecified atom stereocenters. The summed E-state index contributed by atoms with van der Waals surface area (Å²) >= 11 is 0. The topological polar surface area (TPSA) is 78.0 Å². The van der Waals surface area contributed by atoms with E-state index in [4.69, 9.17) is 5.73 Å². The van der Waals surface area contributed by atoms with Gasteiger partial charge in [0.25, 0.3) is 0 Å². The Hall–Kier alpha value is -1.56. The molecule has 1 aliphatic rings. The Balaban J connectivity index is 1.96. The van der Waals surface area contributed by atoms with Crippen molar-refractivity contribution in [3.05, 3.63) is 23.8 Å². The number of sulfone groups is 1. The quantitative estimate of drug-likeness (QED) is 0.900. The van der Waals surface area contributed by atoms with Crippen molar-refractivity contribution >= 4 is 26.8 Å². The molecule has 3 rings (SSSR count). The predicted octanol–water partition coefficient (Wildman–Crippen LogP) is 1.36. The highest BCUT2D eigenvalue weighted by Crippen LogP contribution is 2.25. The molecule has 0 spiro atoms. The number of benzene rings is 1. The number of anilines is 1. The molecule has 0 aliphatic carbocycles. The van der Waals surface area contributed by atoms with Gasteiger partial charge in [0, 0.05) is 6.54 Å². The van der Waals surface area contributed by atoms with E-state index in [0.717, 1.165) is 16.6 Å². The van der Waals surface area contributed by atoms with Crippen molar-refractivity contribution in [2.45, 2.75) is 19.9 Å². The lowest BCUT2D eigenvalue weighted by atomic mass is 10.1. The van der Waals surface area contributed by atoms with E-state index in [2.05, 4.69) is 4.98 Å². The van der Waals surface area contributed by atoms with Crippen LogP contribution in [0.25, 0.3) is 11.0 Å². The molecule has 1 aromatic heterocycles. The number of rotatable bonds is 2. The number of nitrogens with zero attached hydrogens (tertiary/aromatic N) is 2. The van der Waals surface area contributed by atoms with E-state index in [1.807, 2.05) is 29.7 Å². The van der Waals surface area contributed by atoms with Crippen LogP contribution in [-0.4, -0.2) is 29.5 Å². The van der Waals surface area contributed by atoms with Gasteiger partial charge in [0.2, 0.25) is 5.95 Å². The first-order chi connectivity index (χ1) is 8.94. The average molecular weight is 279 g/mol. The molecule has 2 heterocycles. The van der Waals surface area contributed by atoms with Crippen molar-refractivity contribution in [3.8, 4) is 0 Å². The van der Waals surface area contributed by atoms with Crippen LogP contribution in [0.4, 0.5) is 5.95 Å². The first kappa shape index (κ1) is 12.5. The number of hydrogen-bond acceptors (Lipinski definition) is 4. The highest BCUT2D eigenvalue weighted by atomic mass is 32.2. The predicted molar refractivity (Wildman–Crippen MR) is 75.6 cm³/mol. The van der Waals surface area contributed by atoms with Crippen molar-refractivity contribution < 1.29 is 8.42 Å². The van der Waals surface area contributed by atoms with E-state index < -0.39 is 9.84 Å². The van der Waals surface area contributed by atoms with E-state index in [1.54, 1.807) is 0 Å². The van der Waals surface area contributed by atoms with Crippen LogP contribution >= 0.6 is 0 Å². The molecule has 2 N–H and O–H groups in total. The Labute approximate surface area is 112 Å². The summed E-state index contributed by atoms with van der Waals surface area (Å²) in [7, 11) is -2.85. The maximum absolute atomic E-state index is 11.5. The third kappa shape index (κ3) is 2.32. The third-order valence-corrected chi connectivity index (χ3v) is 5.54. The van der Waals surface area contributed by atoms with Crippen LogP contribution in [0, 0.1) is 12.8 Å². The molecule has 1 atom stereocenters. The maximum Gasteiger partial charge on any atom is 0.201 e. The van der Waals surface area contributed by atoms with Gasteiger partial charge in [0.15, 0.2) is 9.84 Å². The second kappa shape index (κ2) is 4.23. The third-order valence-electron chi connectivity index (χ3n) is 3.70. The van der Waals surface area contributed by atoms with Crippen LogP contribution in [0.15, 0.2) is 18.2 Å². The van der Waals surface area contributed by atoms with E-state index in [0.29, 0.717) is 24.7 Å². The van der Waals surface area contributed by atoms with Crippen molar-refractivity contribution in [1.82, 2.24) is 9.55 Å². The summed E-state index contributed by atoms with van der Waals surface area (Å²) in [4.78, 5) is 4.32. The van der Waals surface area contributed by atoms with Crippen molar-refractivity contribution in [2.75, 3.05) is 17.2 Å². The molecule has 102 valence electrons. The lowest BCUT2D eigenvalue weighted by Gasteiger charge is -2.11. The van der Waals surface area contributed by atoms with Crippen LogP contribution < -0.4 is 5.73 Å². The molecule has 0 saturated carbocycles. The molecule has 6 heteroatoms. The number of nitrogen functional groups attached to an aromatic ring is 1. The molecule has 0 amide bonds. The lowest BCUT2D eigenvalue weighted by molar-refractivity contribution is 0.502. The highest BCUT2D eigenvalue weighted by Gasteiger charge is 2.28. The van der Waals surface area contributed by atoms with Crippen LogP contribution in [-0.2, 0) is 16.4 Å². The Kier molecular flexibility index (Phi) is 2.78. The second-order valence-electron chi connectivity index (χ2n) is 5.34. The minimum absolute atomic E-state index is 0.144. The van der Waals surface area contributed by atoms with Gasteiger partial charge in [0.05, 0.1) is 22.5 Å². The molecule has 1 saturated heterocycles. The molecule has 0 radical (unpaired) electrons. The standard InChI is InChI=1S/C13H17N3O2S/c1-9-2-3-11-12(6-9)16(13(14)15-11)7-10-4-5-19(17,18)8-10/h2-3,6,10H,4-5,7-8H2,1H3,(H2,14,15). The summed E-state index contributed by atoms with van der Waals surface area (Å²) in [6.45, 7) is 2.65. The van der Waals surface area contributed by atoms with Gasteiger partial charge in [-0.1, -0.05) is 6.07 Å². The van der Waals surface area contributed by atoms with Gasteiger partial charge in [-0.05, 0) is 37.0 Å². The molecule has 19 heavy (non-hydrogen) atoms. The molecule has 1 aromatic carbocycles. The minimum atomic E-state index is -2.85. The van der Waals surface area contributed by atoms with Gasteiger partial charge in [-0.25, -0.2) is 13.4 Å². The van der Waals surface area contributed by atoms with Gasteiger partial charge in [0.1, 0.15) is 0 Å². The van der Waals surface area contributed by atoms with Gasteiger partial charge in [-0.3, -0.25) is 0 Å². The van der Waals surface area contributed by atoms with E-state index in [9.17, 15) is 8.42 Å². The highest BCUT2D eigenvalue weighted by molar-refractivity contribution is 7.91. The smallest absolute Gasteiger partial charge is 0.201 e. The van der Waals surface area contributed by atoms with Gasteiger partial charge in [-0.2, -0.15) is 0 Å². The number of aryl methyl sites for hydroxylation is 1. The van der Waals surface area contributed by atoms with Gasteiger partial charge >= 0.3 is 0 Å². The molecular weight excluding hydrogens is 262 g/mol. The van der Waals surface area contributed by atoms with Crippen molar-refractivity contribution in [2.24, 2.45) is 5.92 Å². The Morgan fingerprint density at radius 3 is 2.95 bits per heavy atom. The van der Waals surface area contributed by atoms with Crippen LogP contribution in [0.5, 0.6) is 0 Å². The summed E-state index contributed by atoms with van der Waals surface area (Å²) in [5.74, 6) is 1.16. The van der Waals surface area contributed by atoms with E-state index in [1.165, 1.54) is 0 Å². The Bertz CT molecular complexity index is 734. The van der Waals surface area contributed by atoms with E-state index >= 15 is 0 Å². The number of hydrogen-bond donors (Lipinski definition) is 1. The fourth-order valence-electron chi connectivity index (χ4n) is 2.72. The summed E-state index contributed by atoms with van der Waals surface area (Å²) in [5, 5.41) is 0. The zero-order valence-corrected chi connectivity index (χ0v) is 11.7. The van der Waals surface area contributed by atoms with Crippen molar-refractivity contribution in [1.29, 1.82) is 0 Å². The average Bonchev–Trinajstić information content (AvgIpc) is 2.81. The zero-order chi connectivity index (χ0) is 13.6. The zero-order valence-electron chi connectivity index (χ0n) is 10.8.